The maximum absolute atomic E-state index is 2.51. The highest BCUT2D eigenvalue weighted by molar-refractivity contribution is 6.10. The summed E-state index contributed by atoms with van der Waals surface area (Å²) in [5, 5.41) is 2.51. The summed E-state index contributed by atoms with van der Waals surface area (Å²) >= 11 is 0. The van der Waals surface area contributed by atoms with Gasteiger partial charge in [0, 0.05) is 32.9 Å². The standard InChI is InChI=1S/C54H42N2.CH4/c1-53(2)44-24-10-6-20-42(44)51-45(53)25-16-30-50(51)55(48-28-13-14-29-49(48)56-46-26-11-7-18-39(46)40-19-8-12-27-47(40)56)36-33-31-35(32-34-36)37-21-15-22-41-38-17-5-9-23-43(38)54(3,4)52(37)41;/h5-34H,1-4H3;1H4. The smallest absolute Gasteiger partial charge is 0.0702 e. The second-order valence-electron chi connectivity index (χ2n) is 16.5. The summed E-state index contributed by atoms with van der Waals surface area (Å²) in [7, 11) is 0. The Morgan fingerprint density at radius 3 is 1.63 bits per heavy atom. The van der Waals surface area contributed by atoms with E-state index in [2.05, 4.69) is 219 Å². The number of fused-ring (bicyclic) bond motifs is 9. The van der Waals surface area contributed by atoms with Crippen LogP contribution in [-0.4, -0.2) is 4.57 Å². The SMILES string of the molecule is C.CC1(C)c2ccccc2-c2c(N(c3ccc(-c4cccc5c4C(C)(C)c4ccccc4-5)cc3)c3ccccc3-n3c4ccccc4c4ccccc43)cccc21. The molecule has 276 valence electrons. The predicted molar refractivity (Wildman–Crippen MR) is 243 cm³/mol. The van der Waals surface area contributed by atoms with Crippen molar-refractivity contribution >= 4 is 38.9 Å². The first-order chi connectivity index (χ1) is 27.3. The van der Waals surface area contributed by atoms with E-state index >= 15 is 0 Å². The van der Waals surface area contributed by atoms with Gasteiger partial charge in [0.2, 0.25) is 0 Å². The van der Waals surface area contributed by atoms with Crippen LogP contribution in [-0.2, 0) is 10.8 Å². The molecule has 2 aliphatic rings. The number of nitrogens with zero attached hydrogens (tertiary/aromatic N) is 2. The average Bonchev–Trinajstić information content (AvgIpc) is 3.79. The van der Waals surface area contributed by atoms with Crippen molar-refractivity contribution in [1.29, 1.82) is 0 Å². The molecule has 1 heterocycles. The molecule has 9 aromatic rings. The Hall–Kier alpha value is -6.64. The minimum Gasteiger partial charge on any atom is -0.308 e. The molecular formula is C55H46N2. The summed E-state index contributed by atoms with van der Waals surface area (Å²) in [5.74, 6) is 0. The van der Waals surface area contributed by atoms with Crippen molar-refractivity contribution in [3.8, 4) is 39.1 Å². The highest BCUT2D eigenvalue weighted by Crippen LogP contribution is 2.56. The first-order valence-electron chi connectivity index (χ1n) is 19.8. The number of hydrogen-bond donors (Lipinski definition) is 0. The number of para-hydroxylation sites is 4. The lowest BCUT2D eigenvalue weighted by atomic mass is 9.79. The van der Waals surface area contributed by atoms with E-state index in [-0.39, 0.29) is 18.3 Å². The van der Waals surface area contributed by atoms with Gasteiger partial charge in [0.15, 0.2) is 0 Å². The van der Waals surface area contributed by atoms with Crippen LogP contribution in [0.25, 0.3) is 60.9 Å². The van der Waals surface area contributed by atoms with Gasteiger partial charge in [-0.25, -0.2) is 0 Å². The molecule has 0 fully saturated rings. The average molecular weight is 735 g/mol. The second kappa shape index (κ2) is 12.7. The van der Waals surface area contributed by atoms with Crippen molar-refractivity contribution in [1.82, 2.24) is 4.57 Å². The third-order valence-electron chi connectivity index (χ3n) is 12.8. The second-order valence-corrected chi connectivity index (χ2v) is 16.5. The molecule has 11 rings (SSSR count). The van der Waals surface area contributed by atoms with Crippen molar-refractivity contribution in [2.75, 3.05) is 4.90 Å². The van der Waals surface area contributed by atoms with Gasteiger partial charge >= 0.3 is 0 Å². The Bertz CT molecular complexity index is 2980. The maximum Gasteiger partial charge on any atom is 0.0702 e. The third-order valence-corrected chi connectivity index (χ3v) is 12.8. The molecule has 2 nitrogen and oxygen atoms in total. The molecule has 2 heteroatoms. The summed E-state index contributed by atoms with van der Waals surface area (Å²) in [6.45, 7) is 9.48. The van der Waals surface area contributed by atoms with Crippen LogP contribution in [0.2, 0.25) is 0 Å². The molecular weight excluding hydrogens is 689 g/mol. The quantitative estimate of drug-likeness (QED) is 0.171. The third kappa shape index (κ3) is 4.90. The molecule has 0 aliphatic heterocycles. The van der Waals surface area contributed by atoms with Crippen LogP contribution >= 0.6 is 0 Å². The van der Waals surface area contributed by atoms with Crippen LogP contribution in [0.15, 0.2) is 182 Å². The molecule has 8 aromatic carbocycles. The van der Waals surface area contributed by atoms with Gasteiger partial charge in [-0.3, -0.25) is 0 Å². The van der Waals surface area contributed by atoms with Crippen molar-refractivity contribution in [3.05, 3.63) is 204 Å². The zero-order valence-electron chi connectivity index (χ0n) is 32.2. The molecule has 0 amide bonds. The Labute approximate surface area is 336 Å². The molecule has 0 bridgehead atoms. The molecule has 0 radical (unpaired) electrons. The topological polar surface area (TPSA) is 8.17 Å². The largest absolute Gasteiger partial charge is 0.308 e. The van der Waals surface area contributed by atoms with E-state index in [1.165, 1.54) is 83.1 Å². The van der Waals surface area contributed by atoms with Crippen molar-refractivity contribution in [2.45, 2.75) is 46.0 Å². The minimum atomic E-state index is -0.123. The molecule has 0 spiro atoms. The van der Waals surface area contributed by atoms with E-state index in [0.29, 0.717) is 0 Å². The zero-order chi connectivity index (χ0) is 37.8. The van der Waals surface area contributed by atoms with Gasteiger partial charge < -0.3 is 9.47 Å². The molecule has 0 saturated heterocycles. The van der Waals surface area contributed by atoms with E-state index in [4.69, 9.17) is 0 Å². The van der Waals surface area contributed by atoms with Gasteiger partial charge in [-0.05, 0) is 92.5 Å². The highest BCUT2D eigenvalue weighted by atomic mass is 15.2. The van der Waals surface area contributed by atoms with Crippen molar-refractivity contribution < 1.29 is 0 Å². The minimum absolute atomic E-state index is 0. The first-order valence-corrected chi connectivity index (χ1v) is 19.8. The van der Waals surface area contributed by atoms with Gasteiger partial charge in [0.1, 0.15) is 0 Å². The van der Waals surface area contributed by atoms with Crippen LogP contribution in [0.4, 0.5) is 17.1 Å². The Morgan fingerprint density at radius 1 is 0.404 bits per heavy atom. The van der Waals surface area contributed by atoms with Crippen LogP contribution in [0.1, 0.15) is 57.4 Å². The predicted octanol–water partition coefficient (Wildman–Crippen LogP) is 15.2. The summed E-state index contributed by atoms with van der Waals surface area (Å²) in [4.78, 5) is 2.51. The number of hydrogen-bond acceptors (Lipinski definition) is 1. The molecule has 2 aliphatic carbocycles. The number of benzene rings is 8. The van der Waals surface area contributed by atoms with Crippen molar-refractivity contribution in [2.24, 2.45) is 0 Å². The maximum atomic E-state index is 2.51. The Kier molecular flexibility index (Phi) is 7.76. The van der Waals surface area contributed by atoms with Gasteiger partial charge in [0.05, 0.1) is 28.1 Å². The monoisotopic (exact) mass is 734 g/mol. The lowest BCUT2D eigenvalue weighted by molar-refractivity contribution is 0.660. The summed E-state index contributed by atoms with van der Waals surface area (Å²) in [6, 6.07) is 67.5. The molecule has 57 heavy (non-hydrogen) atoms. The number of rotatable bonds is 5. The Morgan fingerprint density at radius 2 is 0.912 bits per heavy atom. The Balaban J connectivity index is 0.00000396. The molecule has 0 unspecified atom stereocenters. The zero-order valence-corrected chi connectivity index (χ0v) is 32.2. The lowest BCUT2D eigenvalue weighted by Crippen LogP contribution is -2.17. The summed E-state index contributed by atoms with van der Waals surface area (Å²) in [6.07, 6.45) is 0. The van der Waals surface area contributed by atoms with Crippen LogP contribution in [0.5, 0.6) is 0 Å². The normalized spacial score (nSPS) is 14.1. The molecule has 0 saturated carbocycles. The summed E-state index contributed by atoms with van der Waals surface area (Å²) in [5.41, 5.74) is 20.1. The van der Waals surface area contributed by atoms with Crippen LogP contribution in [0.3, 0.4) is 0 Å². The van der Waals surface area contributed by atoms with Gasteiger partial charge in [0.25, 0.3) is 0 Å². The molecule has 0 atom stereocenters. The first kappa shape index (κ1) is 34.8. The number of aromatic nitrogens is 1. The lowest BCUT2D eigenvalue weighted by Gasteiger charge is -2.31. The van der Waals surface area contributed by atoms with Crippen LogP contribution in [0, 0.1) is 0 Å². The number of anilines is 3. The van der Waals surface area contributed by atoms with Crippen LogP contribution < -0.4 is 4.90 Å². The van der Waals surface area contributed by atoms with Crippen molar-refractivity contribution in [3.63, 3.8) is 0 Å². The molecule has 1 aromatic heterocycles. The highest BCUT2D eigenvalue weighted by Gasteiger charge is 2.39. The van der Waals surface area contributed by atoms with E-state index < -0.39 is 0 Å². The van der Waals surface area contributed by atoms with Gasteiger partial charge in [-0.1, -0.05) is 175 Å². The van der Waals surface area contributed by atoms with Gasteiger partial charge in [-0.2, -0.15) is 0 Å². The van der Waals surface area contributed by atoms with E-state index in [1.54, 1.807) is 0 Å². The fraction of sp³-hybridized carbons (Fsp3) is 0.127. The summed E-state index contributed by atoms with van der Waals surface area (Å²) < 4.78 is 2.45. The fourth-order valence-electron chi connectivity index (χ4n) is 10.2. The van der Waals surface area contributed by atoms with E-state index in [1.807, 2.05) is 0 Å². The van der Waals surface area contributed by atoms with Gasteiger partial charge in [-0.15, -0.1) is 0 Å². The fourth-order valence-corrected chi connectivity index (χ4v) is 10.2. The van der Waals surface area contributed by atoms with E-state index in [9.17, 15) is 0 Å². The molecule has 0 N–H and O–H groups in total. The van der Waals surface area contributed by atoms with E-state index in [0.717, 1.165) is 17.1 Å².